The van der Waals surface area contributed by atoms with E-state index in [4.69, 9.17) is 21.1 Å². The number of anilines is 1. The summed E-state index contributed by atoms with van der Waals surface area (Å²) in [5.74, 6) is 1.96. The van der Waals surface area contributed by atoms with Gasteiger partial charge in [0.15, 0.2) is 11.5 Å². The number of hydrogen-bond donors (Lipinski definition) is 1. The zero-order chi connectivity index (χ0) is 19.1. The molecule has 1 aromatic carbocycles. The maximum Gasteiger partial charge on any atom is 0.243 e. The minimum absolute atomic E-state index is 0.379. The van der Waals surface area contributed by atoms with Crippen LogP contribution in [0.2, 0.25) is 5.15 Å². The van der Waals surface area contributed by atoms with E-state index in [1.807, 2.05) is 24.3 Å². The molecule has 0 saturated heterocycles. The highest BCUT2D eigenvalue weighted by Gasteiger charge is 2.09. The van der Waals surface area contributed by atoms with Crippen LogP contribution in [0.5, 0.6) is 11.5 Å². The van der Waals surface area contributed by atoms with Crippen LogP contribution in [-0.4, -0.2) is 32.3 Å². The third-order valence-corrected chi connectivity index (χ3v) is 4.05. The van der Waals surface area contributed by atoms with Crippen molar-refractivity contribution in [1.82, 2.24) is 25.2 Å². The van der Waals surface area contributed by atoms with Gasteiger partial charge in [-0.15, -0.1) is 0 Å². The summed E-state index contributed by atoms with van der Waals surface area (Å²) >= 11 is 5.80. The van der Waals surface area contributed by atoms with Gasteiger partial charge in [-0.3, -0.25) is 0 Å². The number of nitrogens with zero attached hydrogens (tertiary/aromatic N) is 5. The molecule has 0 atom stereocenters. The number of pyridine rings is 1. The molecule has 27 heavy (non-hydrogen) atoms. The second-order valence-electron chi connectivity index (χ2n) is 5.84. The van der Waals surface area contributed by atoms with Gasteiger partial charge in [0.25, 0.3) is 0 Å². The Morgan fingerprint density at radius 3 is 2.74 bits per heavy atom. The fourth-order valence-corrected chi connectivity index (χ4v) is 2.58. The summed E-state index contributed by atoms with van der Waals surface area (Å²) in [6.07, 6.45) is 2.65. The van der Waals surface area contributed by atoms with Gasteiger partial charge in [-0.1, -0.05) is 35.8 Å². The van der Waals surface area contributed by atoms with Gasteiger partial charge in [0, 0.05) is 24.8 Å². The first kappa shape index (κ1) is 18.9. The zero-order valence-corrected chi connectivity index (χ0v) is 16.0. The van der Waals surface area contributed by atoms with Crippen LogP contribution in [0.25, 0.3) is 0 Å². The lowest BCUT2D eigenvalue weighted by atomic mass is 10.2. The van der Waals surface area contributed by atoms with Gasteiger partial charge in [0.05, 0.1) is 7.11 Å². The number of aryl methyl sites for hydroxylation is 1. The molecule has 0 saturated carbocycles. The molecule has 0 fully saturated rings. The molecule has 1 N–H and O–H groups in total. The number of hydrogen-bond acceptors (Lipinski definition) is 7. The molecule has 0 spiro atoms. The Balaban J connectivity index is 1.63. The molecule has 2 aromatic heterocycles. The van der Waals surface area contributed by atoms with Crippen molar-refractivity contribution in [1.29, 1.82) is 0 Å². The molecule has 2 heterocycles. The van der Waals surface area contributed by atoms with Crippen molar-refractivity contribution in [3.63, 3.8) is 0 Å². The van der Waals surface area contributed by atoms with Gasteiger partial charge < -0.3 is 14.8 Å². The Morgan fingerprint density at radius 1 is 1.15 bits per heavy atom. The molecule has 0 unspecified atom stereocenters. The van der Waals surface area contributed by atoms with Gasteiger partial charge >= 0.3 is 0 Å². The van der Waals surface area contributed by atoms with Crippen molar-refractivity contribution >= 4 is 17.5 Å². The highest BCUT2D eigenvalue weighted by Crippen LogP contribution is 2.29. The molecule has 0 bridgehead atoms. The smallest absolute Gasteiger partial charge is 0.243 e. The lowest BCUT2D eigenvalue weighted by Gasteiger charge is -2.13. The topological polar surface area (TPSA) is 87.0 Å². The highest BCUT2D eigenvalue weighted by atomic mass is 35.5. The summed E-state index contributed by atoms with van der Waals surface area (Å²) in [6.45, 7) is 3.80. The van der Waals surface area contributed by atoms with Crippen LogP contribution in [0, 0.1) is 0 Å². The molecule has 0 amide bonds. The number of methoxy groups -OCH3 is 1. The Bertz CT molecular complexity index is 869. The van der Waals surface area contributed by atoms with Crippen molar-refractivity contribution < 1.29 is 9.47 Å². The summed E-state index contributed by atoms with van der Waals surface area (Å²) in [5, 5.41) is 15.4. The van der Waals surface area contributed by atoms with E-state index in [1.165, 1.54) is 0 Å². The minimum atomic E-state index is 0.379. The minimum Gasteiger partial charge on any atom is -0.493 e. The molecule has 8 nitrogen and oxygen atoms in total. The van der Waals surface area contributed by atoms with Crippen LogP contribution in [0.15, 0.2) is 36.5 Å². The first-order valence-electron chi connectivity index (χ1n) is 8.59. The second kappa shape index (κ2) is 9.18. The van der Waals surface area contributed by atoms with E-state index in [2.05, 4.69) is 32.7 Å². The van der Waals surface area contributed by atoms with Gasteiger partial charge in [0.2, 0.25) is 5.95 Å². The van der Waals surface area contributed by atoms with E-state index in [0.717, 1.165) is 24.1 Å². The third-order valence-electron chi connectivity index (χ3n) is 3.83. The zero-order valence-electron chi connectivity index (χ0n) is 15.2. The third kappa shape index (κ3) is 5.07. The summed E-state index contributed by atoms with van der Waals surface area (Å²) in [7, 11) is 1.62. The van der Waals surface area contributed by atoms with E-state index < -0.39 is 0 Å². The van der Waals surface area contributed by atoms with Gasteiger partial charge in [-0.05, 0) is 40.6 Å². The summed E-state index contributed by atoms with van der Waals surface area (Å²) in [4.78, 5) is 4.04. The van der Waals surface area contributed by atoms with Crippen molar-refractivity contribution in [2.75, 3.05) is 12.4 Å². The van der Waals surface area contributed by atoms with Crippen LogP contribution in [-0.2, 0) is 19.7 Å². The maximum atomic E-state index is 5.85. The maximum absolute atomic E-state index is 5.85. The predicted octanol–water partition coefficient (Wildman–Crippen LogP) is 3.33. The van der Waals surface area contributed by atoms with Gasteiger partial charge in [-0.25, -0.2) is 9.67 Å². The Kier molecular flexibility index (Phi) is 6.43. The molecule has 0 aliphatic heterocycles. The number of halogens is 1. The van der Waals surface area contributed by atoms with Crippen LogP contribution >= 0.6 is 11.6 Å². The Morgan fingerprint density at radius 2 is 2.00 bits per heavy atom. The second-order valence-corrected chi connectivity index (χ2v) is 6.23. The van der Waals surface area contributed by atoms with E-state index in [1.54, 1.807) is 24.1 Å². The van der Waals surface area contributed by atoms with Crippen LogP contribution in [0.4, 0.5) is 5.95 Å². The lowest BCUT2D eigenvalue weighted by molar-refractivity contribution is 0.284. The molecular weight excluding hydrogens is 368 g/mol. The molecule has 142 valence electrons. The van der Waals surface area contributed by atoms with Crippen molar-refractivity contribution in [3.05, 3.63) is 52.8 Å². The quantitative estimate of drug-likeness (QED) is 0.562. The van der Waals surface area contributed by atoms with E-state index >= 15 is 0 Å². The number of aromatic nitrogens is 5. The summed E-state index contributed by atoms with van der Waals surface area (Å²) < 4.78 is 13.0. The monoisotopic (exact) mass is 388 g/mol. The van der Waals surface area contributed by atoms with E-state index in [0.29, 0.717) is 35.8 Å². The molecule has 0 radical (unpaired) electrons. The van der Waals surface area contributed by atoms with Crippen LogP contribution in [0.3, 0.4) is 0 Å². The highest BCUT2D eigenvalue weighted by molar-refractivity contribution is 6.29. The number of nitrogens with one attached hydrogen (secondary N) is 1. The number of benzene rings is 1. The predicted molar refractivity (Wildman–Crippen MR) is 102 cm³/mol. The number of tetrazole rings is 1. The standard InChI is InChI=1S/C18H21ClN6O2/c1-3-8-25-18(22-23-24-25)21-10-13-4-6-15(16(9-13)26-2)27-12-14-5-7-17(19)20-11-14/h4-7,9,11H,3,8,10,12H2,1-2H3,(H,21,22,24). The normalized spacial score (nSPS) is 10.6. The van der Waals surface area contributed by atoms with Crippen molar-refractivity contribution in [2.24, 2.45) is 0 Å². The molecule has 3 aromatic rings. The first-order valence-corrected chi connectivity index (χ1v) is 8.97. The number of ether oxygens (including phenoxy) is 2. The molecular formula is C18H21ClN6O2. The molecule has 0 aliphatic rings. The largest absolute Gasteiger partial charge is 0.493 e. The summed E-state index contributed by atoms with van der Waals surface area (Å²) in [6, 6.07) is 9.39. The van der Waals surface area contributed by atoms with Crippen LogP contribution in [0.1, 0.15) is 24.5 Å². The first-order chi connectivity index (χ1) is 13.2. The SMILES string of the molecule is CCCn1nnnc1NCc1ccc(OCc2ccc(Cl)nc2)c(OC)c1. The fourth-order valence-electron chi connectivity index (χ4n) is 2.47. The Hall–Kier alpha value is -2.87. The molecule has 3 rings (SSSR count). The van der Waals surface area contributed by atoms with Crippen molar-refractivity contribution in [2.45, 2.75) is 33.0 Å². The molecule has 9 heteroatoms. The lowest BCUT2D eigenvalue weighted by Crippen LogP contribution is -2.09. The molecule has 0 aliphatic carbocycles. The average molecular weight is 389 g/mol. The fraction of sp³-hybridized carbons (Fsp3) is 0.333. The summed E-state index contributed by atoms with van der Waals surface area (Å²) in [5.41, 5.74) is 1.95. The van der Waals surface area contributed by atoms with E-state index in [-0.39, 0.29) is 0 Å². The van der Waals surface area contributed by atoms with Crippen molar-refractivity contribution in [3.8, 4) is 11.5 Å². The van der Waals surface area contributed by atoms with E-state index in [9.17, 15) is 0 Å². The Labute approximate surface area is 162 Å². The van der Waals surface area contributed by atoms with Gasteiger partial charge in [-0.2, -0.15) is 0 Å². The number of rotatable bonds is 9. The average Bonchev–Trinajstić information content (AvgIpc) is 3.13. The van der Waals surface area contributed by atoms with Gasteiger partial charge in [0.1, 0.15) is 11.8 Å². The van der Waals surface area contributed by atoms with Crippen LogP contribution < -0.4 is 14.8 Å².